The van der Waals surface area contributed by atoms with Gasteiger partial charge in [-0.05, 0) is 24.1 Å². The summed E-state index contributed by atoms with van der Waals surface area (Å²) in [6.45, 7) is 0.0549. The van der Waals surface area contributed by atoms with Gasteiger partial charge in [0.15, 0.2) is 6.61 Å². The molecule has 24 heavy (non-hydrogen) atoms. The highest BCUT2D eigenvalue weighted by molar-refractivity contribution is 6.39. The van der Waals surface area contributed by atoms with E-state index >= 15 is 0 Å². The first-order chi connectivity index (χ1) is 11.5. The zero-order chi connectivity index (χ0) is 17.5. The molecule has 1 aromatic rings. The predicted octanol–water partition coefficient (Wildman–Crippen LogP) is 0.417. The van der Waals surface area contributed by atoms with Gasteiger partial charge in [-0.25, -0.2) is 9.80 Å². The van der Waals surface area contributed by atoms with E-state index in [1.807, 2.05) is 12.1 Å². The van der Waals surface area contributed by atoms with Crippen LogP contribution in [0.3, 0.4) is 0 Å². The number of carboxylic acids is 1. The molecule has 8 heteroatoms. The van der Waals surface area contributed by atoms with Crippen molar-refractivity contribution in [3.8, 4) is 5.75 Å². The normalized spacial score (nSPS) is 14.1. The van der Waals surface area contributed by atoms with E-state index in [1.165, 1.54) is 12.1 Å². The van der Waals surface area contributed by atoms with Gasteiger partial charge in [0.25, 0.3) is 5.91 Å². The van der Waals surface area contributed by atoms with Crippen molar-refractivity contribution in [2.24, 2.45) is 5.10 Å². The molecule has 128 valence electrons. The van der Waals surface area contributed by atoms with Crippen LogP contribution >= 0.6 is 0 Å². The highest BCUT2D eigenvalue weighted by Crippen LogP contribution is 2.12. The van der Waals surface area contributed by atoms with Crippen LogP contribution in [0.5, 0.6) is 5.75 Å². The second kappa shape index (κ2) is 8.09. The van der Waals surface area contributed by atoms with E-state index < -0.39 is 5.97 Å². The molecule has 2 rings (SSSR count). The summed E-state index contributed by atoms with van der Waals surface area (Å²) in [4.78, 5) is 33.7. The van der Waals surface area contributed by atoms with Crippen LogP contribution in [-0.2, 0) is 20.8 Å². The van der Waals surface area contributed by atoms with Crippen LogP contribution in [-0.4, -0.2) is 53.8 Å². The molecule has 0 spiro atoms. The third kappa shape index (κ3) is 5.08. The van der Waals surface area contributed by atoms with Crippen LogP contribution in [0.4, 0.5) is 0 Å². The highest BCUT2D eigenvalue weighted by Gasteiger charge is 2.21. The number of hydrogen-bond acceptors (Lipinski definition) is 5. The molecule has 0 fully saturated rings. The fourth-order valence-electron chi connectivity index (χ4n) is 2.15. The fraction of sp³-hybridized carbons (Fsp3) is 0.375. The van der Waals surface area contributed by atoms with E-state index in [0.29, 0.717) is 37.3 Å². The van der Waals surface area contributed by atoms with Crippen molar-refractivity contribution >= 4 is 23.5 Å². The lowest BCUT2D eigenvalue weighted by Gasteiger charge is -2.18. The summed E-state index contributed by atoms with van der Waals surface area (Å²) in [5, 5.41) is 16.5. The molecule has 0 saturated heterocycles. The minimum atomic E-state index is -1.03. The molecule has 0 aromatic heterocycles. The van der Waals surface area contributed by atoms with E-state index in [0.717, 1.165) is 5.56 Å². The molecule has 0 bridgehead atoms. The smallest absolute Gasteiger partial charge is 0.341 e. The molecule has 0 unspecified atom stereocenters. The van der Waals surface area contributed by atoms with Crippen molar-refractivity contribution in [2.45, 2.75) is 19.3 Å². The molecular weight excluding hydrogens is 314 g/mol. The number of ether oxygens (including phenoxy) is 1. The van der Waals surface area contributed by atoms with E-state index in [9.17, 15) is 14.4 Å². The number of nitrogens with one attached hydrogen (secondary N) is 1. The molecule has 0 radical (unpaired) electrons. The quantitative estimate of drug-likeness (QED) is 0.751. The number of carbonyl (C=O) groups excluding carboxylic acids is 2. The number of benzene rings is 1. The Morgan fingerprint density at radius 1 is 1.29 bits per heavy atom. The minimum absolute atomic E-state index is 0.100. The lowest BCUT2D eigenvalue weighted by Crippen LogP contribution is -2.38. The Morgan fingerprint density at radius 2 is 2.00 bits per heavy atom. The first-order valence-corrected chi connectivity index (χ1v) is 7.51. The van der Waals surface area contributed by atoms with Gasteiger partial charge in [0.1, 0.15) is 11.5 Å². The van der Waals surface area contributed by atoms with Gasteiger partial charge in [0, 0.05) is 26.4 Å². The first-order valence-electron chi connectivity index (χ1n) is 7.51. The third-order valence-electron chi connectivity index (χ3n) is 3.45. The van der Waals surface area contributed by atoms with Crippen molar-refractivity contribution < 1.29 is 24.2 Å². The van der Waals surface area contributed by atoms with Gasteiger partial charge in [-0.2, -0.15) is 5.10 Å². The monoisotopic (exact) mass is 333 g/mol. The van der Waals surface area contributed by atoms with Crippen molar-refractivity contribution in [1.82, 2.24) is 10.3 Å². The fourth-order valence-corrected chi connectivity index (χ4v) is 2.15. The highest BCUT2D eigenvalue weighted by atomic mass is 16.5. The summed E-state index contributed by atoms with van der Waals surface area (Å²) in [7, 11) is 1.53. The minimum Gasteiger partial charge on any atom is -0.482 e. The molecular formula is C16H19N3O5. The van der Waals surface area contributed by atoms with Crippen LogP contribution in [0.1, 0.15) is 18.4 Å². The number of aliphatic carboxylic acids is 1. The zero-order valence-corrected chi connectivity index (χ0v) is 13.3. The standard InChI is InChI=1S/C16H19N3O5/c1-19-14(20)7-6-13(18-19)16(23)17-9-8-11-2-4-12(5-3-11)24-10-15(21)22/h2-5H,6-10H2,1H3,(H,17,23)(H,21,22). The summed E-state index contributed by atoms with van der Waals surface area (Å²) >= 11 is 0. The molecule has 2 amide bonds. The summed E-state index contributed by atoms with van der Waals surface area (Å²) < 4.78 is 5.05. The number of carboxylic acid groups (broad SMARTS) is 1. The van der Waals surface area contributed by atoms with E-state index in [2.05, 4.69) is 10.4 Å². The molecule has 1 aromatic carbocycles. The number of amides is 2. The van der Waals surface area contributed by atoms with Gasteiger partial charge in [-0.3, -0.25) is 9.59 Å². The topological polar surface area (TPSA) is 108 Å². The van der Waals surface area contributed by atoms with Gasteiger partial charge in [0.2, 0.25) is 5.91 Å². The predicted molar refractivity (Wildman–Crippen MR) is 85.7 cm³/mol. The maximum absolute atomic E-state index is 12.0. The molecule has 1 aliphatic heterocycles. The number of hydrazone groups is 1. The summed E-state index contributed by atoms with van der Waals surface area (Å²) in [6, 6.07) is 7.00. The van der Waals surface area contributed by atoms with Crippen molar-refractivity contribution in [2.75, 3.05) is 20.2 Å². The van der Waals surface area contributed by atoms with E-state index in [4.69, 9.17) is 9.84 Å². The van der Waals surface area contributed by atoms with Gasteiger partial charge in [-0.1, -0.05) is 12.1 Å². The number of carbonyl (C=O) groups is 3. The van der Waals surface area contributed by atoms with Gasteiger partial charge < -0.3 is 15.2 Å². The SMILES string of the molecule is CN1N=C(C(=O)NCCc2ccc(OCC(=O)O)cc2)CCC1=O. The maximum atomic E-state index is 12.0. The van der Waals surface area contributed by atoms with Crippen LogP contribution in [0.25, 0.3) is 0 Å². The Hall–Kier alpha value is -2.90. The number of rotatable bonds is 7. The van der Waals surface area contributed by atoms with Gasteiger partial charge in [0.05, 0.1) is 0 Å². The largest absolute Gasteiger partial charge is 0.482 e. The number of nitrogens with zero attached hydrogens (tertiary/aromatic N) is 2. The Labute approximate surface area is 139 Å². The number of hydrogen-bond donors (Lipinski definition) is 2. The molecule has 1 heterocycles. The lowest BCUT2D eigenvalue weighted by atomic mass is 10.1. The van der Waals surface area contributed by atoms with Gasteiger partial charge in [-0.15, -0.1) is 0 Å². The van der Waals surface area contributed by atoms with Crippen LogP contribution in [0.15, 0.2) is 29.4 Å². The second-order valence-corrected chi connectivity index (χ2v) is 5.30. The summed E-state index contributed by atoms with van der Waals surface area (Å²) in [6.07, 6.45) is 1.26. The molecule has 2 N–H and O–H groups in total. The van der Waals surface area contributed by atoms with Crippen molar-refractivity contribution in [1.29, 1.82) is 0 Å². The molecule has 8 nitrogen and oxygen atoms in total. The summed E-state index contributed by atoms with van der Waals surface area (Å²) in [5.41, 5.74) is 1.34. The second-order valence-electron chi connectivity index (χ2n) is 5.30. The molecule has 0 aliphatic carbocycles. The van der Waals surface area contributed by atoms with Crippen LogP contribution in [0, 0.1) is 0 Å². The van der Waals surface area contributed by atoms with Crippen LogP contribution < -0.4 is 10.1 Å². The van der Waals surface area contributed by atoms with Crippen LogP contribution in [0.2, 0.25) is 0 Å². The lowest BCUT2D eigenvalue weighted by molar-refractivity contribution is -0.139. The zero-order valence-electron chi connectivity index (χ0n) is 13.3. The van der Waals surface area contributed by atoms with Crippen molar-refractivity contribution in [3.63, 3.8) is 0 Å². The molecule has 0 saturated carbocycles. The summed E-state index contributed by atoms with van der Waals surface area (Å²) in [5.74, 6) is -0.915. The molecule has 1 aliphatic rings. The third-order valence-corrected chi connectivity index (χ3v) is 3.45. The Bertz CT molecular complexity index is 654. The van der Waals surface area contributed by atoms with Gasteiger partial charge >= 0.3 is 5.97 Å². The maximum Gasteiger partial charge on any atom is 0.341 e. The first kappa shape index (κ1) is 17.5. The van der Waals surface area contributed by atoms with E-state index in [1.54, 1.807) is 12.1 Å². The van der Waals surface area contributed by atoms with E-state index in [-0.39, 0.29) is 18.4 Å². The van der Waals surface area contributed by atoms with Crippen molar-refractivity contribution in [3.05, 3.63) is 29.8 Å². The Balaban J connectivity index is 1.77. The molecule has 0 atom stereocenters. The Kier molecular flexibility index (Phi) is 5.89. The average molecular weight is 333 g/mol. The Morgan fingerprint density at radius 3 is 2.62 bits per heavy atom. The average Bonchev–Trinajstić information content (AvgIpc) is 2.56.